The Labute approximate surface area is 124 Å². The first-order valence-electron chi connectivity index (χ1n) is 5.58. The summed E-state index contributed by atoms with van der Waals surface area (Å²) >= 11 is 11.9. The molecule has 0 radical (unpaired) electrons. The smallest absolute Gasteiger partial charge is 0.272 e. The third kappa shape index (κ3) is 3.22. The number of anilines is 1. The van der Waals surface area contributed by atoms with Crippen LogP contribution in [0.15, 0.2) is 34.9 Å². The van der Waals surface area contributed by atoms with Crippen LogP contribution >= 0.6 is 23.2 Å². The molecule has 0 saturated carbocycles. The maximum atomic E-state index is 10.7. The lowest BCUT2D eigenvalue weighted by Crippen LogP contribution is -2.12. The van der Waals surface area contributed by atoms with Crippen LogP contribution in [0.25, 0.3) is 0 Å². The van der Waals surface area contributed by atoms with Gasteiger partial charge in [-0.2, -0.15) is 0 Å². The van der Waals surface area contributed by atoms with Crippen LogP contribution in [0.1, 0.15) is 11.9 Å². The summed E-state index contributed by atoms with van der Waals surface area (Å²) in [7, 11) is 0. The summed E-state index contributed by atoms with van der Waals surface area (Å²) < 4.78 is 5.05. The van der Waals surface area contributed by atoms with Gasteiger partial charge in [0.15, 0.2) is 0 Å². The normalized spacial score (nSPS) is 12.2. The zero-order valence-corrected chi connectivity index (χ0v) is 11.6. The van der Waals surface area contributed by atoms with Crippen molar-refractivity contribution < 1.29 is 14.4 Å². The van der Waals surface area contributed by atoms with Crippen LogP contribution in [0.5, 0.6) is 0 Å². The van der Waals surface area contributed by atoms with Gasteiger partial charge in [-0.3, -0.25) is 10.1 Å². The highest BCUT2D eigenvalue weighted by Gasteiger charge is 2.16. The lowest BCUT2D eigenvalue weighted by molar-refractivity contribution is -0.384. The quantitative estimate of drug-likeness (QED) is 0.649. The van der Waals surface area contributed by atoms with Gasteiger partial charge in [0.25, 0.3) is 5.69 Å². The Balaban J connectivity index is 2.12. The SMILES string of the molecule is O=[N+]([O-])c1cc(Cl)c(NCC(O)c2ccco2)c(Cl)c1. The molecule has 2 rings (SSSR count). The molecule has 2 N–H and O–H groups in total. The minimum absolute atomic E-state index is 0.102. The number of nitro groups is 1. The molecule has 106 valence electrons. The van der Waals surface area contributed by atoms with Crippen LogP contribution < -0.4 is 5.32 Å². The van der Waals surface area contributed by atoms with Gasteiger partial charge in [-0.25, -0.2) is 0 Å². The fraction of sp³-hybridized carbons (Fsp3) is 0.167. The molecule has 1 unspecified atom stereocenters. The number of aliphatic hydroxyl groups is 1. The number of rotatable bonds is 5. The maximum Gasteiger partial charge on any atom is 0.272 e. The van der Waals surface area contributed by atoms with Crippen LogP contribution in [0.2, 0.25) is 10.0 Å². The van der Waals surface area contributed by atoms with Crippen LogP contribution in [0, 0.1) is 10.1 Å². The second-order valence-electron chi connectivity index (χ2n) is 3.95. The molecule has 0 aliphatic rings. The van der Waals surface area contributed by atoms with Crippen molar-refractivity contribution in [2.75, 3.05) is 11.9 Å². The van der Waals surface area contributed by atoms with Crippen molar-refractivity contribution >= 4 is 34.6 Å². The number of furan rings is 1. The molecule has 6 nitrogen and oxygen atoms in total. The molecular weight excluding hydrogens is 307 g/mol. The number of benzene rings is 1. The van der Waals surface area contributed by atoms with Crippen LogP contribution in [0.3, 0.4) is 0 Å². The van der Waals surface area contributed by atoms with Crippen molar-refractivity contribution in [1.82, 2.24) is 0 Å². The minimum Gasteiger partial charge on any atom is -0.467 e. The first-order chi connectivity index (χ1) is 9.49. The van der Waals surface area contributed by atoms with Crippen molar-refractivity contribution in [3.63, 3.8) is 0 Å². The molecule has 0 saturated heterocycles. The highest BCUT2D eigenvalue weighted by molar-refractivity contribution is 6.39. The summed E-state index contributed by atoms with van der Waals surface area (Å²) in [4.78, 5) is 10.1. The van der Waals surface area contributed by atoms with Gasteiger partial charge in [-0.15, -0.1) is 0 Å². The van der Waals surface area contributed by atoms with E-state index in [2.05, 4.69) is 5.32 Å². The molecule has 2 aromatic rings. The molecule has 0 bridgehead atoms. The Morgan fingerprint density at radius 3 is 2.55 bits per heavy atom. The molecule has 0 spiro atoms. The molecule has 0 fully saturated rings. The van der Waals surface area contributed by atoms with Crippen molar-refractivity contribution in [3.8, 4) is 0 Å². The summed E-state index contributed by atoms with van der Waals surface area (Å²) in [6.45, 7) is 0.102. The number of non-ortho nitro benzene ring substituents is 1. The minimum atomic E-state index is -0.882. The Morgan fingerprint density at radius 1 is 1.40 bits per heavy atom. The van der Waals surface area contributed by atoms with E-state index in [9.17, 15) is 15.2 Å². The highest BCUT2D eigenvalue weighted by atomic mass is 35.5. The van der Waals surface area contributed by atoms with Crippen LogP contribution in [0.4, 0.5) is 11.4 Å². The Morgan fingerprint density at radius 2 is 2.05 bits per heavy atom. The summed E-state index contributed by atoms with van der Waals surface area (Å²) in [6, 6.07) is 5.67. The predicted octanol–water partition coefficient (Wildman–Crippen LogP) is 3.64. The monoisotopic (exact) mass is 316 g/mol. The third-order valence-electron chi connectivity index (χ3n) is 2.58. The molecular formula is C12H10Cl2N2O4. The topological polar surface area (TPSA) is 88.5 Å². The number of hydrogen-bond acceptors (Lipinski definition) is 5. The summed E-state index contributed by atoms with van der Waals surface area (Å²) in [5.41, 5.74) is 0.127. The predicted molar refractivity (Wildman–Crippen MR) is 75.3 cm³/mol. The second kappa shape index (κ2) is 6.13. The molecule has 0 amide bonds. The summed E-state index contributed by atoms with van der Waals surface area (Å²) in [5.74, 6) is 0.395. The van der Waals surface area contributed by atoms with Crippen molar-refractivity contribution in [3.05, 3.63) is 56.4 Å². The summed E-state index contributed by atoms with van der Waals surface area (Å²) in [5, 5.41) is 23.6. The van der Waals surface area contributed by atoms with Gasteiger partial charge in [0.1, 0.15) is 11.9 Å². The van der Waals surface area contributed by atoms with E-state index in [4.69, 9.17) is 27.6 Å². The van der Waals surface area contributed by atoms with Gasteiger partial charge in [0.05, 0.1) is 26.9 Å². The molecule has 1 heterocycles. The van der Waals surface area contributed by atoms with E-state index >= 15 is 0 Å². The molecule has 1 aromatic carbocycles. The highest BCUT2D eigenvalue weighted by Crippen LogP contribution is 2.35. The Bertz CT molecular complexity index is 593. The number of nitrogens with zero attached hydrogens (tertiary/aromatic N) is 1. The number of nitrogens with one attached hydrogen (secondary N) is 1. The van der Waals surface area contributed by atoms with Gasteiger partial charge >= 0.3 is 0 Å². The van der Waals surface area contributed by atoms with E-state index < -0.39 is 11.0 Å². The van der Waals surface area contributed by atoms with Crippen molar-refractivity contribution in [2.45, 2.75) is 6.10 Å². The van der Waals surface area contributed by atoms with Crippen molar-refractivity contribution in [1.29, 1.82) is 0 Å². The lowest BCUT2D eigenvalue weighted by Gasteiger charge is -2.13. The molecule has 1 atom stereocenters. The van der Waals surface area contributed by atoms with E-state index in [0.29, 0.717) is 11.4 Å². The molecule has 1 aromatic heterocycles. The second-order valence-corrected chi connectivity index (χ2v) is 4.77. The number of nitro benzene ring substituents is 1. The lowest BCUT2D eigenvalue weighted by atomic mass is 10.2. The first kappa shape index (κ1) is 14.6. The molecule has 0 aliphatic heterocycles. The van der Waals surface area contributed by atoms with Crippen LogP contribution in [-0.2, 0) is 0 Å². The molecule has 8 heteroatoms. The zero-order valence-electron chi connectivity index (χ0n) is 10.0. The summed E-state index contributed by atoms with van der Waals surface area (Å²) in [6.07, 6.45) is 0.567. The van der Waals surface area contributed by atoms with Gasteiger partial charge in [0.2, 0.25) is 0 Å². The Kier molecular flexibility index (Phi) is 4.49. The molecule has 0 aliphatic carbocycles. The largest absolute Gasteiger partial charge is 0.467 e. The Hall–Kier alpha value is -1.76. The zero-order chi connectivity index (χ0) is 14.7. The fourth-order valence-electron chi connectivity index (χ4n) is 1.61. The van der Waals surface area contributed by atoms with E-state index in [0.717, 1.165) is 0 Å². The maximum absolute atomic E-state index is 10.7. The van der Waals surface area contributed by atoms with Gasteiger partial charge < -0.3 is 14.8 Å². The number of halogens is 2. The van der Waals surface area contributed by atoms with Gasteiger partial charge in [-0.1, -0.05) is 23.2 Å². The van der Waals surface area contributed by atoms with E-state index in [1.807, 2.05) is 0 Å². The third-order valence-corrected chi connectivity index (χ3v) is 3.18. The fourth-order valence-corrected chi connectivity index (χ4v) is 2.22. The van der Waals surface area contributed by atoms with Gasteiger partial charge in [-0.05, 0) is 12.1 Å². The van der Waals surface area contributed by atoms with E-state index in [1.54, 1.807) is 12.1 Å². The van der Waals surface area contributed by atoms with E-state index in [-0.39, 0.29) is 22.3 Å². The van der Waals surface area contributed by atoms with Gasteiger partial charge in [0, 0.05) is 18.7 Å². The number of hydrogen-bond donors (Lipinski definition) is 2. The average Bonchev–Trinajstić information content (AvgIpc) is 2.91. The standard InChI is InChI=1S/C12H10Cl2N2O4/c13-8-4-7(16(18)19)5-9(14)12(8)15-6-10(17)11-2-1-3-20-11/h1-5,10,15,17H,6H2. The first-order valence-corrected chi connectivity index (χ1v) is 6.33. The molecule has 20 heavy (non-hydrogen) atoms. The average molecular weight is 317 g/mol. The van der Waals surface area contributed by atoms with Crippen molar-refractivity contribution in [2.24, 2.45) is 0 Å². The van der Waals surface area contributed by atoms with E-state index in [1.165, 1.54) is 18.4 Å². The number of aliphatic hydroxyl groups excluding tert-OH is 1. The van der Waals surface area contributed by atoms with Crippen LogP contribution in [-0.4, -0.2) is 16.6 Å².